The monoisotopic (exact) mass is 417 g/mol. The highest BCUT2D eigenvalue weighted by Gasteiger charge is 2.15. The highest BCUT2D eigenvalue weighted by atomic mass is 35.5. The van der Waals surface area contributed by atoms with Crippen LogP contribution in [-0.4, -0.2) is 34.8 Å². The number of Topliss-reactive ketones (excluding diaryl/α,β-unsaturated/α-hetero) is 1. The Morgan fingerprint density at radius 2 is 1.93 bits per heavy atom. The summed E-state index contributed by atoms with van der Waals surface area (Å²) in [6, 6.07) is 11.7. The van der Waals surface area contributed by atoms with Crippen molar-refractivity contribution in [2.75, 3.05) is 18.2 Å². The zero-order valence-electron chi connectivity index (χ0n) is 15.1. The first-order chi connectivity index (χ1) is 13.5. The number of halogens is 1. The molecule has 0 atom stereocenters. The molecule has 0 unspecified atom stereocenters. The number of carbonyl (C=O) groups excluding carboxylic acids is 2. The molecule has 3 aromatic rings. The van der Waals surface area contributed by atoms with Crippen LogP contribution in [0.4, 0.5) is 5.69 Å². The third-order valence-corrected chi connectivity index (χ3v) is 4.75. The summed E-state index contributed by atoms with van der Waals surface area (Å²) >= 11 is 7.12. The maximum atomic E-state index is 12.1. The number of nitrogens with one attached hydrogen (secondary N) is 1. The first-order valence-electron chi connectivity index (χ1n) is 8.17. The Morgan fingerprint density at radius 1 is 1.18 bits per heavy atom. The van der Waals surface area contributed by atoms with E-state index < -0.39 is 0 Å². The van der Waals surface area contributed by atoms with Crippen molar-refractivity contribution < 1.29 is 18.7 Å². The number of aromatic nitrogens is 2. The topological polar surface area (TPSA) is 94.3 Å². The van der Waals surface area contributed by atoms with Crippen LogP contribution in [0.15, 0.2) is 52.1 Å². The molecule has 0 spiro atoms. The number of thioether (sulfide) groups is 1. The Morgan fingerprint density at radius 3 is 2.61 bits per heavy atom. The SMILES string of the molecule is COc1ccc(Cl)cc1-c1nnc(SCC(=O)Nc2ccc(C(C)=O)cc2)o1. The second-order valence-electron chi connectivity index (χ2n) is 5.69. The van der Waals surface area contributed by atoms with Crippen LogP contribution in [0, 0.1) is 0 Å². The van der Waals surface area contributed by atoms with E-state index in [2.05, 4.69) is 15.5 Å². The van der Waals surface area contributed by atoms with Crippen molar-refractivity contribution >= 4 is 40.7 Å². The third kappa shape index (κ3) is 4.90. The van der Waals surface area contributed by atoms with Crippen LogP contribution in [0.25, 0.3) is 11.5 Å². The first kappa shape index (κ1) is 19.9. The van der Waals surface area contributed by atoms with Gasteiger partial charge in [-0.2, -0.15) is 0 Å². The van der Waals surface area contributed by atoms with Crippen LogP contribution in [0.2, 0.25) is 5.02 Å². The van der Waals surface area contributed by atoms with Gasteiger partial charge in [-0.1, -0.05) is 23.4 Å². The van der Waals surface area contributed by atoms with E-state index in [-0.39, 0.29) is 28.6 Å². The van der Waals surface area contributed by atoms with Crippen molar-refractivity contribution in [3.05, 3.63) is 53.1 Å². The molecule has 0 radical (unpaired) electrons. The van der Waals surface area contributed by atoms with E-state index in [0.29, 0.717) is 27.6 Å². The van der Waals surface area contributed by atoms with Crippen molar-refractivity contribution in [1.29, 1.82) is 0 Å². The largest absolute Gasteiger partial charge is 0.496 e. The van der Waals surface area contributed by atoms with Crippen LogP contribution in [0.1, 0.15) is 17.3 Å². The minimum Gasteiger partial charge on any atom is -0.496 e. The second kappa shape index (κ2) is 8.90. The molecule has 0 aliphatic heterocycles. The van der Waals surface area contributed by atoms with Gasteiger partial charge in [-0.05, 0) is 49.4 Å². The van der Waals surface area contributed by atoms with Crippen LogP contribution in [-0.2, 0) is 4.79 Å². The van der Waals surface area contributed by atoms with Gasteiger partial charge >= 0.3 is 0 Å². The summed E-state index contributed by atoms with van der Waals surface area (Å²) in [5.41, 5.74) is 1.76. The molecule has 1 N–H and O–H groups in total. The van der Waals surface area contributed by atoms with Crippen LogP contribution in [0.5, 0.6) is 5.75 Å². The van der Waals surface area contributed by atoms with E-state index in [0.717, 1.165) is 11.8 Å². The van der Waals surface area contributed by atoms with Gasteiger partial charge < -0.3 is 14.5 Å². The lowest BCUT2D eigenvalue weighted by Crippen LogP contribution is -2.14. The molecule has 28 heavy (non-hydrogen) atoms. The number of nitrogens with zero attached hydrogens (tertiary/aromatic N) is 2. The molecule has 7 nitrogen and oxygen atoms in total. The standard InChI is InChI=1S/C19H16ClN3O4S/c1-11(24)12-3-6-14(7-4-12)21-17(25)10-28-19-23-22-18(27-19)15-9-13(20)5-8-16(15)26-2/h3-9H,10H2,1-2H3,(H,21,25). The number of amides is 1. The normalized spacial score (nSPS) is 10.5. The van der Waals surface area contributed by atoms with Crippen molar-refractivity contribution in [3.8, 4) is 17.2 Å². The van der Waals surface area contributed by atoms with Crippen LogP contribution >= 0.6 is 23.4 Å². The highest BCUT2D eigenvalue weighted by molar-refractivity contribution is 7.99. The zero-order valence-corrected chi connectivity index (χ0v) is 16.6. The summed E-state index contributed by atoms with van der Waals surface area (Å²) in [6.45, 7) is 1.49. The number of ether oxygens (including phenoxy) is 1. The van der Waals surface area contributed by atoms with Crippen molar-refractivity contribution in [1.82, 2.24) is 10.2 Å². The molecule has 0 aliphatic carbocycles. The molecule has 9 heteroatoms. The molecule has 0 saturated carbocycles. The van der Waals surface area contributed by atoms with Crippen LogP contribution < -0.4 is 10.1 Å². The number of ketones is 1. The number of anilines is 1. The Labute approximate surface area is 170 Å². The van der Waals surface area contributed by atoms with Gasteiger partial charge in [0.05, 0.1) is 18.4 Å². The molecule has 144 valence electrons. The predicted octanol–water partition coefficient (Wildman–Crippen LogP) is 4.33. The van der Waals surface area contributed by atoms with Gasteiger partial charge in [0.25, 0.3) is 11.1 Å². The lowest BCUT2D eigenvalue weighted by Gasteiger charge is -2.05. The summed E-state index contributed by atoms with van der Waals surface area (Å²) in [7, 11) is 1.53. The van der Waals surface area contributed by atoms with Gasteiger partial charge in [0, 0.05) is 16.3 Å². The lowest BCUT2D eigenvalue weighted by molar-refractivity contribution is -0.113. The molecule has 3 rings (SSSR count). The van der Waals surface area contributed by atoms with E-state index in [1.807, 2.05) is 0 Å². The molecule has 0 saturated heterocycles. The number of rotatable bonds is 7. The number of carbonyl (C=O) groups is 2. The van der Waals surface area contributed by atoms with Gasteiger partial charge in [0.2, 0.25) is 5.91 Å². The summed E-state index contributed by atoms with van der Waals surface area (Å²) in [6.07, 6.45) is 0. The molecule has 1 aromatic heterocycles. The van der Waals surface area contributed by atoms with Gasteiger partial charge in [-0.25, -0.2) is 0 Å². The summed E-state index contributed by atoms with van der Waals surface area (Å²) < 4.78 is 10.9. The fourth-order valence-electron chi connectivity index (χ4n) is 2.34. The highest BCUT2D eigenvalue weighted by Crippen LogP contribution is 2.33. The average Bonchev–Trinajstić information content (AvgIpc) is 3.15. The van der Waals surface area contributed by atoms with E-state index in [1.165, 1.54) is 14.0 Å². The van der Waals surface area contributed by atoms with Gasteiger partial charge in [0.15, 0.2) is 5.78 Å². The van der Waals surface area contributed by atoms with Crippen molar-refractivity contribution in [2.45, 2.75) is 12.1 Å². The molecular formula is C19H16ClN3O4S. The Kier molecular flexibility index (Phi) is 6.33. The summed E-state index contributed by atoms with van der Waals surface area (Å²) in [5, 5.41) is 11.4. The number of methoxy groups -OCH3 is 1. The smallest absolute Gasteiger partial charge is 0.277 e. The molecule has 1 amide bonds. The van der Waals surface area contributed by atoms with Gasteiger partial charge in [-0.3, -0.25) is 9.59 Å². The Hall–Kier alpha value is -2.84. The maximum Gasteiger partial charge on any atom is 0.277 e. The number of benzene rings is 2. The maximum absolute atomic E-state index is 12.1. The Bertz CT molecular complexity index is 1000. The molecule has 0 bridgehead atoms. The van der Waals surface area contributed by atoms with Crippen LogP contribution in [0.3, 0.4) is 0 Å². The van der Waals surface area contributed by atoms with Crippen molar-refractivity contribution in [3.63, 3.8) is 0 Å². The average molecular weight is 418 g/mol. The van der Waals surface area contributed by atoms with E-state index in [4.69, 9.17) is 20.8 Å². The van der Waals surface area contributed by atoms with E-state index in [9.17, 15) is 9.59 Å². The molecule has 1 heterocycles. The van der Waals surface area contributed by atoms with E-state index >= 15 is 0 Å². The quantitative estimate of drug-likeness (QED) is 0.451. The van der Waals surface area contributed by atoms with Gasteiger partial charge in [0.1, 0.15) is 5.75 Å². The minimum atomic E-state index is -0.235. The molecule has 0 fully saturated rings. The molecular weight excluding hydrogens is 402 g/mol. The fraction of sp³-hybridized carbons (Fsp3) is 0.158. The van der Waals surface area contributed by atoms with E-state index in [1.54, 1.807) is 42.5 Å². The minimum absolute atomic E-state index is 0.0306. The lowest BCUT2D eigenvalue weighted by atomic mass is 10.1. The number of hydrogen-bond donors (Lipinski definition) is 1. The fourth-order valence-corrected chi connectivity index (χ4v) is 3.07. The predicted molar refractivity (Wildman–Crippen MR) is 107 cm³/mol. The summed E-state index contributed by atoms with van der Waals surface area (Å²) in [5.74, 6) is 0.624. The third-order valence-electron chi connectivity index (χ3n) is 3.70. The number of hydrogen-bond acceptors (Lipinski definition) is 7. The summed E-state index contributed by atoms with van der Waals surface area (Å²) in [4.78, 5) is 23.4. The molecule has 2 aromatic carbocycles. The molecule has 0 aliphatic rings. The second-order valence-corrected chi connectivity index (χ2v) is 7.05. The zero-order chi connectivity index (χ0) is 20.1. The Balaban J connectivity index is 1.60. The van der Waals surface area contributed by atoms with Crippen molar-refractivity contribution in [2.24, 2.45) is 0 Å². The first-order valence-corrected chi connectivity index (χ1v) is 9.53. The van der Waals surface area contributed by atoms with Gasteiger partial charge in [-0.15, -0.1) is 10.2 Å².